The van der Waals surface area contributed by atoms with Crippen molar-refractivity contribution in [1.82, 2.24) is 0 Å². The number of hydrogen-bond acceptors (Lipinski definition) is 1. The Bertz CT molecular complexity index is 95.0. The van der Waals surface area contributed by atoms with Gasteiger partial charge in [0.2, 0.25) is 0 Å². The summed E-state index contributed by atoms with van der Waals surface area (Å²) >= 11 is 0. The smallest absolute Gasteiger partial charge is 0.00928 e. The highest BCUT2D eigenvalue weighted by Gasteiger charge is 2.44. The first kappa shape index (κ1) is 11.0. The first-order valence-corrected chi connectivity index (χ1v) is 5.01. The van der Waals surface area contributed by atoms with E-state index in [1.807, 2.05) is 13.8 Å². The van der Waals surface area contributed by atoms with E-state index in [1.54, 1.807) is 0 Å². The predicted octanol–water partition coefficient (Wildman–Crippen LogP) is 2.94. The van der Waals surface area contributed by atoms with Crippen LogP contribution in [0.15, 0.2) is 0 Å². The van der Waals surface area contributed by atoms with Crippen LogP contribution in [0.1, 0.15) is 53.4 Å². The zero-order valence-electron chi connectivity index (χ0n) is 8.48. The average molecular weight is 157 g/mol. The van der Waals surface area contributed by atoms with E-state index in [1.165, 1.54) is 19.3 Å². The summed E-state index contributed by atoms with van der Waals surface area (Å²) < 4.78 is 0. The summed E-state index contributed by atoms with van der Waals surface area (Å²) in [5.74, 6) is 0. The lowest BCUT2D eigenvalue weighted by atomic mass is 9.92. The Balaban J connectivity index is 0.000000461. The molecule has 11 heavy (non-hydrogen) atoms. The number of nitrogens with two attached hydrogens (primary N) is 1. The van der Waals surface area contributed by atoms with Crippen molar-refractivity contribution in [3.05, 3.63) is 0 Å². The van der Waals surface area contributed by atoms with Crippen LogP contribution in [-0.2, 0) is 0 Å². The maximum Gasteiger partial charge on any atom is 0.00928 e. The molecule has 0 unspecified atom stereocenters. The second-order valence-corrected chi connectivity index (χ2v) is 3.23. The second kappa shape index (κ2) is 4.76. The lowest BCUT2D eigenvalue weighted by Crippen LogP contribution is -2.30. The van der Waals surface area contributed by atoms with Crippen molar-refractivity contribution in [2.24, 2.45) is 11.1 Å². The van der Waals surface area contributed by atoms with Crippen LogP contribution in [0.2, 0.25) is 0 Å². The molecule has 1 nitrogen and oxygen atoms in total. The Morgan fingerprint density at radius 1 is 1.27 bits per heavy atom. The van der Waals surface area contributed by atoms with Gasteiger partial charge in [0.05, 0.1) is 0 Å². The molecule has 0 heterocycles. The van der Waals surface area contributed by atoms with Crippen molar-refractivity contribution in [3.8, 4) is 0 Å². The molecule has 1 heteroatoms. The van der Waals surface area contributed by atoms with Crippen molar-refractivity contribution < 1.29 is 0 Å². The van der Waals surface area contributed by atoms with Gasteiger partial charge in [-0.15, -0.1) is 0 Å². The highest BCUT2D eigenvalue weighted by Crippen LogP contribution is 2.51. The van der Waals surface area contributed by atoms with Crippen LogP contribution in [0.3, 0.4) is 0 Å². The summed E-state index contributed by atoms with van der Waals surface area (Å²) in [5, 5.41) is 0. The lowest BCUT2D eigenvalue weighted by Gasteiger charge is -2.19. The molecule has 0 aromatic carbocycles. The summed E-state index contributed by atoms with van der Waals surface area (Å²) in [6, 6.07) is 0.475. The van der Waals surface area contributed by atoms with Crippen LogP contribution in [-0.4, -0.2) is 6.04 Å². The van der Waals surface area contributed by atoms with Crippen molar-refractivity contribution in [2.75, 3.05) is 0 Å². The van der Waals surface area contributed by atoms with Crippen LogP contribution in [0.25, 0.3) is 0 Å². The van der Waals surface area contributed by atoms with Gasteiger partial charge < -0.3 is 5.73 Å². The fourth-order valence-corrected chi connectivity index (χ4v) is 1.58. The topological polar surface area (TPSA) is 26.0 Å². The van der Waals surface area contributed by atoms with Gasteiger partial charge in [-0.1, -0.05) is 27.7 Å². The van der Waals surface area contributed by atoms with Gasteiger partial charge in [0, 0.05) is 6.04 Å². The highest BCUT2D eigenvalue weighted by atomic mass is 14.7. The van der Waals surface area contributed by atoms with Gasteiger partial charge in [0.15, 0.2) is 0 Å². The van der Waals surface area contributed by atoms with Crippen molar-refractivity contribution in [3.63, 3.8) is 0 Å². The fraction of sp³-hybridized carbons (Fsp3) is 1.00. The number of rotatable bonds is 3. The van der Waals surface area contributed by atoms with E-state index in [0.717, 1.165) is 6.42 Å². The van der Waals surface area contributed by atoms with Crippen LogP contribution in [0.5, 0.6) is 0 Å². The van der Waals surface area contributed by atoms with E-state index >= 15 is 0 Å². The van der Waals surface area contributed by atoms with Crippen molar-refractivity contribution in [1.29, 1.82) is 0 Å². The minimum Gasteiger partial charge on any atom is -0.327 e. The molecule has 0 radical (unpaired) electrons. The van der Waals surface area contributed by atoms with Crippen LogP contribution < -0.4 is 5.73 Å². The van der Waals surface area contributed by atoms with Crippen molar-refractivity contribution >= 4 is 0 Å². The number of hydrogen-bond donors (Lipinski definition) is 1. The van der Waals surface area contributed by atoms with E-state index < -0.39 is 0 Å². The molecule has 0 aromatic heterocycles. The molecule has 0 spiro atoms. The Hall–Kier alpha value is -0.0400. The van der Waals surface area contributed by atoms with Gasteiger partial charge in [-0.05, 0) is 31.1 Å². The fourth-order valence-electron chi connectivity index (χ4n) is 1.58. The SMILES string of the molecule is CC.CC[C@@H](N)C1(CC)CC1. The van der Waals surface area contributed by atoms with Crippen LogP contribution in [0.4, 0.5) is 0 Å². The largest absolute Gasteiger partial charge is 0.327 e. The predicted molar refractivity (Wildman–Crippen MR) is 51.6 cm³/mol. The maximum atomic E-state index is 5.92. The maximum absolute atomic E-state index is 5.92. The van der Waals surface area contributed by atoms with Gasteiger partial charge >= 0.3 is 0 Å². The van der Waals surface area contributed by atoms with E-state index in [-0.39, 0.29) is 0 Å². The third-order valence-corrected chi connectivity index (χ3v) is 2.82. The third-order valence-electron chi connectivity index (χ3n) is 2.82. The molecular formula is C10H23N. The first-order valence-electron chi connectivity index (χ1n) is 5.01. The van der Waals surface area contributed by atoms with Gasteiger partial charge in [-0.2, -0.15) is 0 Å². The van der Waals surface area contributed by atoms with Gasteiger partial charge in [-0.25, -0.2) is 0 Å². The van der Waals surface area contributed by atoms with E-state index in [2.05, 4.69) is 13.8 Å². The Kier molecular flexibility index (Phi) is 4.74. The zero-order chi connectivity index (χ0) is 8.91. The highest BCUT2D eigenvalue weighted by molar-refractivity contribution is 4.98. The molecule has 1 rings (SSSR count). The summed E-state index contributed by atoms with van der Waals surface area (Å²) in [6.45, 7) is 8.43. The Labute approximate surface area is 71.4 Å². The van der Waals surface area contributed by atoms with Gasteiger partial charge in [0.25, 0.3) is 0 Å². The molecule has 68 valence electrons. The Morgan fingerprint density at radius 2 is 1.73 bits per heavy atom. The molecule has 1 atom stereocenters. The molecule has 0 aromatic rings. The molecule has 1 aliphatic carbocycles. The molecule has 0 bridgehead atoms. The second-order valence-electron chi connectivity index (χ2n) is 3.23. The lowest BCUT2D eigenvalue weighted by molar-refractivity contribution is 0.375. The normalized spacial score (nSPS) is 21.5. The van der Waals surface area contributed by atoms with Gasteiger partial charge in [0.1, 0.15) is 0 Å². The van der Waals surface area contributed by atoms with E-state index in [4.69, 9.17) is 5.73 Å². The standard InChI is InChI=1S/C8H17N.C2H6/c1-3-7(9)8(4-2)5-6-8;1-2/h7H,3-6,9H2,1-2H3;1-2H3/t7-;/m1./s1. The summed E-state index contributed by atoms with van der Waals surface area (Å²) in [6.07, 6.45) is 5.17. The molecule has 0 amide bonds. The van der Waals surface area contributed by atoms with Gasteiger partial charge in [-0.3, -0.25) is 0 Å². The quantitative estimate of drug-likeness (QED) is 0.669. The minimum absolute atomic E-state index is 0.475. The molecule has 0 aliphatic heterocycles. The molecule has 1 saturated carbocycles. The molecule has 2 N–H and O–H groups in total. The van der Waals surface area contributed by atoms with Crippen LogP contribution in [0, 0.1) is 5.41 Å². The molecule has 1 aliphatic rings. The van der Waals surface area contributed by atoms with E-state index in [9.17, 15) is 0 Å². The molecule has 0 saturated heterocycles. The monoisotopic (exact) mass is 157 g/mol. The van der Waals surface area contributed by atoms with E-state index in [0.29, 0.717) is 11.5 Å². The molecular weight excluding hydrogens is 134 g/mol. The summed E-state index contributed by atoms with van der Waals surface area (Å²) in [4.78, 5) is 0. The zero-order valence-corrected chi connectivity index (χ0v) is 8.48. The minimum atomic E-state index is 0.475. The summed E-state index contributed by atoms with van der Waals surface area (Å²) in [7, 11) is 0. The first-order chi connectivity index (χ1) is 5.25. The molecule has 1 fully saturated rings. The average Bonchev–Trinajstić information content (AvgIpc) is 2.87. The van der Waals surface area contributed by atoms with Crippen molar-refractivity contribution in [2.45, 2.75) is 59.4 Å². The summed E-state index contributed by atoms with van der Waals surface area (Å²) in [5.41, 5.74) is 6.50. The van der Waals surface area contributed by atoms with Crippen LogP contribution >= 0.6 is 0 Å². The third kappa shape index (κ3) is 2.48. The Morgan fingerprint density at radius 3 is 1.82 bits per heavy atom.